The standard InChI is InChI=1S/C12H16N4O5/c1-2-5-16-10(18)4-3-8(15-16)12(21)14-6-9(17)13-7-11(19)20/h3-4H,2,5-7H2,1H3,(H,13,17)(H,14,21)(H,19,20). The van der Waals surface area contributed by atoms with Gasteiger partial charge in [0.15, 0.2) is 0 Å². The molecule has 1 aromatic heterocycles. The van der Waals surface area contributed by atoms with Gasteiger partial charge in [-0.2, -0.15) is 5.10 Å². The molecule has 0 atom stereocenters. The summed E-state index contributed by atoms with van der Waals surface area (Å²) in [6.45, 7) is 1.36. The first-order valence-corrected chi connectivity index (χ1v) is 6.29. The molecule has 0 spiro atoms. The van der Waals surface area contributed by atoms with Gasteiger partial charge in [0.05, 0.1) is 6.54 Å². The Bertz CT molecular complexity index is 596. The van der Waals surface area contributed by atoms with E-state index in [1.807, 2.05) is 6.92 Å². The van der Waals surface area contributed by atoms with Crippen molar-refractivity contribution in [3.8, 4) is 0 Å². The van der Waals surface area contributed by atoms with Gasteiger partial charge in [-0.05, 0) is 12.5 Å². The van der Waals surface area contributed by atoms with Crippen molar-refractivity contribution in [2.24, 2.45) is 0 Å². The molecule has 1 aromatic rings. The number of rotatable bonds is 7. The smallest absolute Gasteiger partial charge is 0.322 e. The Morgan fingerprint density at radius 1 is 1.24 bits per heavy atom. The highest BCUT2D eigenvalue weighted by atomic mass is 16.4. The SMILES string of the molecule is CCCn1nc(C(=O)NCC(=O)NCC(=O)O)ccc1=O. The second-order valence-corrected chi connectivity index (χ2v) is 4.13. The van der Waals surface area contributed by atoms with Crippen molar-refractivity contribution >= 4 is 17.8 Å². The lowest BCUT2D eigenvalue weighted by atomic mass is 10.3. The van der Waals surface area contributed by atoms with Crippen LogP contribution >= 0.6 is 0 Å². The molecule has 0 aromatic carbocycles. The number of carboxylic acid groups (broad SMARTS) is 1. The van der Waals surface area contributed by atoms with Crippen LogP contribution in [0.2, 0.25) is 0 Å². The van der Waals surface area contributed by atoms with Crippen LogP contribution in [0.3, 0.4) is 0 Å². The van der Waals surface area contributed by atoms with E-state index >= 15 is 0 Å². The number of aryl methyl sites for hydroxylation is 1. The summed E-state index contributed by atoms with van der Waals surface area (Å²) in [6, 6.07) is 2.49. The fourth-order valence-corrected chi connectivity index (χ4v) is 1.43. The molecule has 0 saturated carbocycles. The van der Waals surface area contributed by atoms with E-state index in [-0.39, 0.29) is 17.8 Å². The summed E-state index contributed by atoms with van der Waals surface area (Å²) >= 11 is 0. The minimum absolute atomic E-state index is 0.00841. The molecule has 1 rings (SSSR count). The lowest BCUT2D eigenvalue weighted by Crippen LogP contribution is -2.39. The first-order chi connectivity index (χ1) is 9.93. The third kappa shape index (κ3) is 5.43. The quantitative estimate of drug-likeness (QED) is 0.566. The summed E-state index contributed by atoms with van der Waals surface area (Å²) in [7, 11) is 0. The molecule has 0 aliphatic carbocycles. The number of nitrogens with one attached hydrogen (secondary N) is 2. The molecule has 0 unspecified atom stereocenters. The number of nitrogens with zero attached hydrogens (tertiary/aromatic N) is 2. The van der Waals surface area contributed by atoms with Gasteiger partial charge in [-0.3, -0.25) is 19.2 Å². The molecule has 0 saturated heterocycles. The molecule has 3 N–H and O–H groups in total. The van der Waals surface area contributed by atoms with Crippen molar-refractivity contribution < 1.29 is 19.5 Å². The minimum Gasteiger partial charge on any atom is -0.480 e. The van der Waals surface area contributed by atoms with Gasteiger partial charge < -0.3 is 15.7 Å². The number of amides is 2. The zero-order valence-electron chi connectivity index (χ0n) is 11.5. The molecule has 2 amide bonds. The summed E-state index contributed by atoms with van der Waals surface area (Å²) in [5.74, 6) is -2.43. The summed E-state index contributed by atoms with van der Waals surface area (Å²) in [4.78, 5) is 44.7. The van der Waals surface area contributed by atoms with Gasteiger partial charge in [0.1, 0.15) is 12.2 Å². The predicted molar refractivity (Wildman–Crippen MR) is 71.8 cm³/mol. The zero-order valence-corrected chi connectivity index (χ0v) is 11.5. The highest BCUT2D eigenvalue weighted by molar-refractivity contribution is 5.95. The number of carbonyl (C=O) groups excluding carboxylic acids is 2. The van der Waals surface area contributed by atoms with Crippen LogP contribution in [-0.2, 0) is 16.1 Å². The Balaban J connectivity index is 2.59. The van der Waals surface area contributed by atoms with E-state index in [4.69, 9.17) is 5.11 Å². The fourth-order valence-electron chi connectivity index (χ4n) is 1.43. The first kappa shape index (κ1) is 16.3. The number of hydrogen-bond donors (Lipinski definition) is 3. The van der Waals surface area contributed by atoms with Crippen LogP contribution in [-0.4, -0.2) is 45.8 Å². The number of aromatic nitrogens is 2. The average molecular weight is 296 g/mol. The maximum Gasteiger partial charge on any atom is 0.322 e. The molecule has 0 aliphatic rings. The number of hydrogen-bond acceptors (Lipinski definition) is 5. The van der Waals surface area contributed by atoms with E-state index in [9.17, 15) is 19.2 Å². The number of aliphatic carboxylic acids is 1. The van der Waals surface area contributed by atoms with Gasteiger partial charge in [0, 0.05) is 12.6 Å². The van der Waals surface area contributed by atoms with Gasteiger partial charge in [-0.1, -0.05) is 6.92 Å². The van der Waals surface area contributed by atoms with Crippen LogP contribution in [0.4, 0.5) is 0 Å². The average Bonchev–Trinajstić information content (AvgIpc) is 2.45. The van der Waals surface area contributed by atoms with E-state index in [0.29, 0.717) is 13.0 Å². The van der Waals surface area contributed by atoms with Crippen molar-refractivity contribution in [2.45, 2.75) is 19.9 Å². The van der Waals surface area contributed by atoms with Crippen molar-refractivity contribution in [1.82, 2.24) is 20.4 Å². The second kappa shape index (κ2) is 7.78. The Morgan fingerprint density at radius 2 is 1.95 bits per heavy atom. The molecule has 9 heteroatoms. The lowest BCUT2D eigenvalue weighted by molar-refractivity contribution is -0.137. The van der Waals surface area contributed by atoms with Crippen molar-refractivity contribution in [1.29, 1.82) is 0 Å². The largest absolute Gasteiger partial charge is 0.480 e. The van der Waals surface area contributed by atoms with Crippen molar-refractivity contribution in [2.75, 3.05) is 13.1 Å². The lowest BCUT2D eigenvalue weighted by Gasteiger charge is -2.07. The van der Waals surface area contributed by atoms with Crippen molar-refractivity contribution in [3.63, 3.8) is 0 Å². The van der Waals surface area contributed by atoms with Crippen LogP contribution in [0.1, 0.15) is 23.8 Å². The van der Waals surface area contributed by atoms with E-state index in [0.717, 1.165) is 0 Å². The molecule has 0 bridgehead atoms. The third-order valence-corrected chi connectivity index (χ3v) is 2.38. The maximum absolute atomic E-state index is 11.8. The second-order valence-electron chi connectivity index (χ2n) is 4.13. The van der Waals surface area contributed by atoms with Crippen molar-refractivity contribution in [3.05, 3.63) is 28.2 Å². The third-order valence-electron chi connectivity index (χ3n) is 2.38. The molecule has 114 valence electrons. The Morgan fingerprint density at radius 3 is 2.57 bits per heavy atom. The summed E-state index contributed by atoms with van der Waals surface area (Å²) in [5.41, 5.74) is -0.304. The highest BCUT2D eigenvalue weighted by Gasteiger charge is 2.11. The maximum atomic E-state index is 11.8. The van der Waals surface area contributed by atoms with Crippen LogP contribution in [0.25, 0.3) is 0 Å². The predicted octanol–water partition coefficient (Wildman–Crippen LogP) is -1.42. The molecule has 9 nitrogen and oxygen atoms in total. The topological polar surface area (TPSA) is 130 Å². The Hall–Kier alpha value is -2.71. The fraction of sp³-hybridized carbons (Fsp3) is 0.417. The van der Waals surface area contributed by atoms with E-state index < -0.39 is 24.3 Å². The van der Waals surface area contributed by atoms with Gasteiger partial charge in [-0.25, -0.2) is 4.68 Å². The van der Waals surface area contributed by atoms with Gasteiger partial charge in [-0.15, -0.1) is 0 Å². The van der Waals surface area contributed by atoms with Gasteiger partial charge in [0.2, 0.25) is 5.91 Å². The normalized spacial score (nSPS) is 9.95. The molecule has 0 radical (unpaired) electrons. The Kier molecular flexibility index (Phi) is 6.05. The zero-order chi connectivity index (χ0) is 15.8. The Labute approximate surface area is 120 Å². The van der Waals surface area contributed by atoms with Crippen LogP contribution in [0.5, 0.6) is 0 Å². The van der Waals surface area contributed by atoms with E-state index in [2.05, 4.69) is 15.7 Å². The van der Waals surface area contributed by atoms with Gasteiger partial charge in [0.25, 0.3) is 11.5 Å². The van der Waals surface area contributed by atoms with Crippen LogP contribution in [0, 0.1) is 0 Å². The van der Waals surface area contributed by atoms with Crippen LogP contribution < -0.4 is 16.2 Å². The summed E-state index contributed by atoms with van der Waals surface area (Å²) in [5, 5.41) is 16.7. The molecule has 0 fully saturated rings. The minimum atomic E-state index is -1.18. The molecule has 21 heavy (non-hydrogen) atoms. The monoisotopic (exact) mass is 296 g/mol. The highest BCUT2D eigenvalue weighted by Crippen LogP contribution is 1.91. The molecule has 0 aliphatic heterocycles. The molecular weight excluding hydrogens is 280 g/mol. The van der Waals surface area contributed by atoms with Gasteiger partial charge >= 0.3 is 5.97 Å². The number of carboxylic acids is 1. The van der Waals surface area contributed by atoms with E-state index in [1.165, 1.54) is 16.8 Å². The molecule has 1 heterocycles. The summed E-state index contributed by atoms with van der Waals surface area (Å²) in [6.07, 6.45) is 0.690. The summed E-state index contributed by atoms with van der Waals surface area (Å²) < 4.78 is 1.17. The number of carbonyl (C=O) groups is 3. The molecular formula is C12H16N4O5. The van der Waals surface area contributed by atoms with E-state index in [1.54, 1.807) is 0 Å². The van der Waals surface area contributed by atoms with Crippen LogP contribution in [0.15, 0.2) is 16.9 Å². The first-order valence-electron chi connectivity index (χ1n) is 6.29.